The quantitative estimate of drug-likeness (QED) is 0.790. The third-order valence-corrected chi connectivity index (χ3v) is 2.55. The molecule has 1 nitrogen and oxygen atoms in total. The molecular formula is C11H16ClN. The van der Waals surface area contributed by atoms with Crippen LogP contribution < -0.4 is 5.73 Å². The number of hydrogen-bond donors (Lipinski definition) is 1. The monoisotopic (exact) mass is 197 g/mol. The third kappa shape index (κ3) is 3.37. The van der Waals surface area contributed by atoms with E-state index in [2.05, 4.69) is 13.0 Å². The number of rotatable bonds is 4. The molecule has 1 aromatic rings. The summed E-state index contributed by atoms with van der Waals surface area (Å²) < 4.78 is 0. The van der Waals surface area contributed by atoms with Crippen molar-refractivity contribution < 1.29 is 0 Å². The van der Waals surface area contributed by atoms with Crippen molar-refractivity contribution in [2.45, 2.75) is 19.8 Å². The zero-order chi connectivity index (χ0) is 9.68. The second kappa shape index (κ2) is 5.25. The van der Waals surface area contributed by atoms with E-state index in [1.807, 2.05) is 18.2 Å². The fourth-order valence-electron chi connectivity index (χ4n) is 1.43. The summed E-state index contributed by atoms with van der Waals surface area (Å²) in [5, 5.41) is 0.867. The van der Waals surface area contributed by atoms with Gasteiger partial charge in [-0.15, -0.1) is 0 Å². The highest BCUT2D eigenvalue weighted by molar-refractivity contribution is 6.31. The lowest BCUT2D eigenvalue weighted by atomic mass is 9.98. The maximum atomic E-state index is 6.04. The van der Waals surface area contributed by atoms with Crippen LogP contribution >= 0.6 is 11.6 Å². The summed E-state index contributed by atoms with van der Waals surface area (Å²) in [5.41, 5.74) is 6.72. The highest BCUT2D eigenvalue weighted by atomic mass is 35.5. The van der Waals surface area contributed by atoms with Gasteiger partial charge in [-0.3, -0.25) is 0 Å². The van der Waals surface area contributed by atoms with Crippen LogP contribution in [0.2, 0.25) is 5.02 Å². The molecule has 1 rings (SSSR count). The van der Waals surface area contributed by atoms with Gasteiger partial charge in [0, 0.05) is 5.02 Å². The van der Waals surface area contributed by atoms with E-state index in [4.69, 9.17) is 17.3 Å². The first-order valence-electron chi connectivity index (χ1n) is 4.67. The van der Waals surface area contributed by atoms with E-state index in [1.54, 1.807) is 0 Å². The summed E-state index contributed by atoms with van der Waals surface area (Å²) in [6.45, 7) is 2.96. The largest absolute Gasteiger partial charge is 0.330 e. The van der Waals surface area contributed by atoms with Crippen molar-refractivity contribution in [3.63, 3.8) is 0 Å². The van der Waals surface area contributed by atoms with Gasteiger partial charge in [0.15, 0.2) is 0 Å². The zero-order valence-corrected chi connectivity index (χ0v) is 8.72. The molecule has 0 aliphatic rings. The highest BCUT2D eigenvalue weighted by Gasteiger charge is 2.04. The normalized spacial score (nSPS) is 12.8. The molecule has 0 aliphatic carbocycles. The Labute approximate surface area is 84.9 Å². The lowest BCUT2D eigenvalue weighted by Gasteiger charge is -2.10. The van der Waals surface area contributed by atoms with E-state index >= 15 is 0 Å². The summed E-state index contributed by atoms with van der Waals surface area (Å²) in [6.07, 6.45) is 2.09. The van der Waals surface area contributed by atoms with Crippen LogP contribution in [0.15, 0.2) is 24.3 Å². The van der Waals surface area contributed by atoms with Gasteiger partial charge in [0.2, 0.25) is 0 Å². The van der Waals surface area contributed by atoms with E-state index in [0.717, 1.165) is 24.4 Å². The van der Waals surface area contributed by atoms with Crippen molar-refractivity contribution in [3.8, 4) is 0 Å². The standard InChI is InChI=1S/C11H16ClN/c1-9(6-7-13)8-10-4-2-3-5-11(10)12/h2-5,9H,6-8,13H2,1H3/t9-/m1/s1. The number of hydrogen-bond acceptors (Lipinski definition) is 1. The smallest absolute Gasteiger partial charge is 0.0438 e. The van der Waals surface area contributed by atoms with E-state index in [9.17, 15) is 0 Å². The maximum Gasteiger partial charge on any atom is 0.0438 e. The molecule has 0 amide bonds. The predicted molar refractivity (Wildman–Crippen MR) is 58.0 cm³/mol. The van der Waals surface area contributed by atoms with Crippen LogP contribution in [0.1, 0.15) is 18.9 Å². The second-order valence-corrected chi connectivity index (χ2v) is 3.89. The van der Waals surface area contributed by atoms with Gasteiger partial charge in [0.25, 0.3) is 0 Å². The van der Waals surface area contributed by atoms with Gasteiger partial charge < -0.3 is 5.73 Å². The predicted octanol–water partition coefficient (Wildman–Crippen LogP) is 2.87. The molecule has 0 aliphatic heterocycles. The van der Waals surface area contributed by atoms with Crippen LogP contribution in [-0.2, 0) is 6.42 Å². The first-order chi connectivity index (χ1) is 6.24. The van der Waals surface area contributed by atoms with Gasteiger partial charge >= 0.3 is 0 Å². The van der Waals surface area contributed by atoms with Crippen LogP contribution in [0, 0.1) is 5.92 Å². The van der Waals surface area contributed by atoms with E-state index in [-0.39, 0.29) is 0 Å². The Hall–Kier alpha value is -0.530. The SMILES string of the molecule is C[C@H](CCN)Cc1ccccc1Cl. The molecule has 0 spiro atoms. The second-order valence-electron chi connectivity index (χ2n) is 3.48. The lowest BCUT2D eigenvalue weighted by Crippen LogP contribution is -2.08. The molecule has 2 N–H and O–H groups in total. The third-order valence-electron chi connectivity index (χ3n) is 2.19. The average Bonchev–Trinajstić information content (AvgIpc) is 2.09. The molecule has 1 aromatic carbocycles. The Morgan fingerprint density at radius 3 is 2.69 bits per heavy atom. The molecule has 72 valence electrons. The van der Waals surface area contributed by atoms with E-state index in [0.29, 0.717) is 5.92 Å². The summed E-state index contributed by atoms with van der Waals surface area (Å²) in [7, 11) is 0. The van der Waals surface area contributed by atoms with Crippen LogP contribution in [-0.4, -0.2) is 6.54 Å². The van der Waals surface area contributed by atoms with Crippen LogP contribution in [0.3, 0.4) is 0 Å². The Morgan fingerprint density at radius 1 is 1.38 bits per heavy atom. The summed E-state index contributed by atoms with van der Waals surface area (Å²) in [6, 6.07) is 8.00. The van der Waals surface area contributed by atoms with E-state index in [1.165, 1.54) is 5.56 Å². The van der Waals surface area contributed by atoms with Crippen molar-refractivity contribution in [2.75, 3.05) is 6.54 Å². The van der Waals surface area contributed by atoms with Crippen molar-refractivity contribution in [1.82, 2.24) is 0 Å². The lowest BCUT2D eigenvalue weighted by molar-refractivity contribution is 0.538. The number of halogens is 1. The Kier molecular flexibility index (Phi) is 4.26. The first kappa shape index (κ1) is 10.6. The van der Waals surface area contributed by atoms with Gasteiger partial charge in [-0.2, -0.15) is 0 Å². The Morgan fingerprint density at radius 2 is 2.08 bits per heavy atom. The topological polar surface area (TPSA) is 26.0 Å². The minimum Gasteiger partial charge on any atom is -0.330 e. The summed E-state index contributed by atoms with van der Waals surface area (Å²) >= 11 is 6.04. The molecule has 0 saturated carbocycles. The molecule has 0 radical (unpaired) electrons. The fourth-order valence-corrected chi connectivity index (χ4v) is 1.64. The Balaban J connectivity index is 2.58. The molecule has 0 bridgehead atoms. The van der Waals surface area contributed by atoms with Gasteiger partial charge in [-0.25, -0.2) is 0 Å². The highest BCUT2D eigenvalue weighted by Crippen LogP contribution is 2.19. The first-order valence-corrected chi connectivity index (χ1v) is 5.05. The molecule has 0 saturated heterocycles. The average molecular weight is 198 g/mol. The zero-order valence-electron chi connectivity index (χ0n) is 7.96. The molecule has 0 heterocycles. The Bertz CT molecular complexity index is 260. The molecule has 2 heteroatoms. The molecular weight excluding hydrogens is 182 g/mol. The molecule has 0 unspecified atom stereocenters. The van der Waals surface area contributed by atoms with Crippen LogP contribution in [0.5, 0.6) is 0 Å². The maximum absolute atomic E-state index is 6.04. The van der Waals surface area contributed by atoms with Gasteiger partial charge in [-0.05, 0) is 36.9 Å². The van der Waals surface area contributed by atoms with Crippen LogP contribution in [0.25, 0.3) is 0 Å². The fraction of sp³-hybridized carbons (Fsp3) is 0.455. The molecule has 0 aromatic heterocycles. The van der Waals surface area contributed by atoms with E-state index < -0.39 is 0 Å². The molecule has 0 fully saturated rings. The van der Waals surface area contributed by atoms with Crippen molar-refractivity contribution in [2.24, 2.45) is 11.7 Å². The van der Waals surface area contributed by atoms with Gasteiger partial charge in [0.1, 0.15) is 0 Å². The number of nitrogens with two attached hydrogens (primary N) is 1. The van der Waals surface area contributed by atoms with Gasteiger partial charge in [-0.1, -0.05) is 36.7 Å². The minimum absolute atomic E-state index is 0.616. The summed E-state index contributed by atoms with van der Waals surface area (Å²) in [5.74, 6) is 0.616. The van der Waals surface area contributed by atoms with Crippen molar-refractivity contribution >= 4 is 11.6 Å². The minimum atomic E-state index is 0.616. The number of benzene rings is 1. The van der Waals surface area contributed by atoms with Crippen LogP contribution in [0.4, 0.5) is 0 Å². The summed E-state index contributed by atoms with van der Waals surface area (Å²) in [4.78, 5) is 0. The molecule has 1 atom stereocenters. The molecule has 13 heavy (non-hydrogen) atoms. The van der Waals surface area contributed by atoms with Crippen molar-refractivity contribution in [3.05, 3.63) is 34.9 Å². The van der Waals surface area contributed by atoms with Gasteiger partial charge in [0.05, 0.1) is 0 Å². The van der Waals surface area contributed by atoms with Crippen molar-refractivity contribution in [1.29, 1.82) is 0 Å².